The molecule has 112 valence electrons. The SMILES string of the molecule is CCN(c1sc(Cl)c(C(=O)OC)c1C)C1CCOCC1. The first-order valence-electron chi connectivity index (χ1n) is 6.81. The topological polar surface area (TPSA) is 38.8 Å². The van der Waals surface area contributed by atoms with Gasteiger partial charge in [0.1, 0.15) is 4.34 Å². The van der Waals surface area contributed by atoms with E-state index in [4.69, 9.17) is 21.1 Å². The van der Waals surface area contributed by atoms with Gasteiger partial charge in [0.2, 0.25) is 0 Å². The highest BCUT2D eigenvalue weighted by Gasteiger charge is 2.27. The third-order valence-corrected chi connectivity index (χ3v) is 5.24. The van der Waals surface area contributed by atoms with Gasteiger partial charge in [0.15, 0.2) is 0 Å². The maximum absolute atomic E-state index is 11.8. The summed E-state index contributed by atoms with van der Waals surface area (Å²) in [5.74, 6) is -0.363. The van der Waals surface area contributed by atoms with Crippen molar-refractivity contribution in [2.45, 2.75) is 32.7 Å². The van der Waals surface area contributed by atoms with E-state index in [-0.39, 0.29) is 5.97 Å². The highest BCUT2D eigenvalue weighted by Crippen LogP contribution is 2.40. The van der Waals surface area contributed by atoms with Gasteiger partial charge in [-0.15, -0.1) is 11.3 Å². The quantitative estimate of drug-likeness (QED) is 0.797. The number of rotatable bonds is 4. The van der Waals surface area contributed by atoms with Crippen LogP contribution in [0, 0.1) is 6.92 Å². The van der Waals surface area contributed by atoms with Crippen LogP contribution in [0.5, 0.6) is 0 Å². The summed E-state index contributed by atoms with van der Waals surface area (Å²) in [6.45, 7) is 6.54. The predicted molar refractivity (Wildman–Crippen MR) is 82.3 cm³/mol. The van der Waals surface area contributed by atoms with E-state index < -0.39 is 0 Å². The Hall–Kier alpha value is -0.780. The molecule has 1 aliphatic heterocycles. The second-order valence-corrected chi connectivity index (χ2v) is 6.40. The molecule has 1 aromatic heterocycles. The van der Waals surface area contributed by atoms with Crippen LogP contribution in [0.4, 0.5) is 5.00 Å². The molecule has 0 aliphatic carbocycles. The van der Waals surface area contributed by atoms with Crippen molar-refractivity contribution in [1.82, 2.24) is 0 Å². The smallest absolute Gasteiger partial charge is 0.340 e. The Kier molecular flexibility index (Phi) is 5.29. The minimum Gasteiger partial charge on any atom is -0.465 e. The van der Waals surface area contributed by atoms with E-state index in [9.17, 15) is 4.79 Å². The number of nitrogens with zero attached hydrogens (tertiary/aromatic N) is 1. The van der Waals surface area contributed by atoms with Crippen molar-refractivity contribution in [3.05, 3.63) is 15.5 Å². The van der Waals surface area contributed by atoms with Crippen LogP contribution in [-0.2, 0) is 9.47 Å². The molecule has 0 radical (unpaired) electrons. The molecule has 1 aliphatic rings. The molecule has 4 nitrogen and oxygen atoms in total. The lowest BCUT2D eigenvalue weighted by Gasteiger charge is -2.34. The lowest BCUT2D eigenvalue weighted by Crippen LogP contribution is -2.39. The fourth-order valence-corrected chi connectivity index (χ4v) is 4.24. The Labute approximate surface area is 128 Å². The second-order valence-electron chi connectivity index (χ2n) is 4.80. The Morgan fingerprint density at radius 3 is 2.70 bits per heavy atom. The van der Waals surface area contributed by atoms with Gasteiger partial charge in [0.25, 0.3) is 0 Å². The van der Waals surface area contributed by atoms with E-state index in [0.717, 1.165) is 43.2 Å². The minimum absolute atomic E-state index is 0.363. The molecule has 0 N–H and O–H groups in total. The second kappa shape index (κ2) is 6.78. The van der Waals surface area contributed by atoms with E-state index in [1.54, 1.807) is 0 Å². The number of thiophene rings is 1. The number of carbonyl (C=O) groups excluding carboxylic acids is 1. The monoisotopic (exact) mass is 317 g/mol. The molecule has 1 fully saturated rings. The number of esters is 1. The predicted octanol–water partition coefficient (Wildman–Crippen LogP) is 3.50. The third kappa shape index (κ3) is 2.95. The molecule has 20 heavy (non-hydrogen) atoms. The van der Waals surface area contributed by atoms with Crippen LogP contribution in [0.2, 0.25) is 4.34 Å². The molecule has 0 saturated carbocycles. The molecule has 0 unspecified atom stereocenters. The molecule has 2 rings (SSSR count). The molecule has 2 heterocycles. The maximum Gasteiger partial charge on any atom is 0.340 e. The van der Waals surface area contributed by atoms with Crippen molar-refractivity contribution in [2.24, 2.45) is 0 Å². The number of halogens is 1. The average Bonchev–Trinajstić information content (AvgIpc) is 2.75. The summed E-state index contributed by atoms with van der Waals surface area (Å²) in [7, 11) is 1.38. The molecule has 0 bridgehead atoms. The highest BCUT2D eigenvalue weighted by atomic mass is 35.5. The van der Waals surface area contributed by atoms with Gasteiger partial charge in [-0.25, -0.2) is 4.79 Å². The molecule has 0 aromatic carbocycles. The van der Waals surface area contributed by atoms with Crippen LogP contribution >= 0.6 is 22.9 Å². The molecule has 0 atom stereocenters. The van der Waals surface area contributed by atoms with E-state index >= 15 is 0 Å². The van der Waals surface area contributed by atoms with E-state index in [1.807, 2.05) is 6.92 Å². The number of hydrogen-bond acceptors (Lipinski definition) is 5. The Bertz CT molecular complexity index is 483. The van der Waals surface area contributed by atoms with Gasteiger partial charge in [-0.2, -0.15) is 0 Å². The van der Waals surface area contributed by atoms with Gasteiger partial charge >= 0.3 is 5.97 Å². The Balaban J connectivity index is 2.32. The first kappa shape index (κ1) is 15.6. The van der Waals surface area contributed by atoms with Gasteiger partial charge in [0, 0.05) is 25.8 Å². The van der Waals surface area contributed by atoms with Crippen LogP contribution in [0.3, 0.4) is 0 Å². The molecule has 1 saturated heterocycles. The summed E-state index contributed by atoms with van der Waals surface area (Å²) in [4.78, 5) is 14.2. The molecule has 1 aromatic rings. The maximum atomic E-state index is 11.8. The summed E-state index contributed by atoms with van der Waals surface area (Å²) in [5, 5.41) is 1.07. The number of anilines is 1. The van der Waals surface area contributed by atoms with E-state index in [1.165, 1.54) is 18.4 Å². The Morgan fingerprint density at radius 2 is 2.15 bits per heavy atom. The zero-order valence-corrected chi connectivity index (χ0v) is 13.6. The zero-order chi connectivity index (χ0) is 14.7. The summed E-state index contributed by atoms with van der Waals surface area (Å²) in [6.07, 6.45) is 2.02. The number of carbonyl (C=O) groups is 1. The van der Waals surface area contributed by atoms with Gasteiger partial charge in [-0.1, -0.05) is 11.6 Å². The molecular weight excluding hydrogens is 298 g/mol. The van der Waals surface area contributed by atoms with E-state index in [2.05, 4.69) is 11.8 Å². The van der Waals surface area contributed by atoms with Crippen molar-refractivity contribution < 1.29 is 14.3 Å². The lowest BCUT2D eigenvalue weighted by atomic mass is 10.1. The van der Waals surface area contributed by atoms with Gasteiger partial charge < -0.3 is 14.4 Å². The molecule has 0 spiro atoms. The van der Waals surface area contributed by atoms with Crippen LogP contribution in [0.1, 0.15) is 35.7 Å². The van der Waals surface area contributed by atoms with Crippen LogP contribution < -0.4 is 4.90 Å². The van der Waals surface area contributed by atoms with Gasteiger partial charge in [-0.3, -0.25) is 0 Å². The number of ether oxygens (including phenoxy) is 2. The van der Waals surface area contributed by atoms with Crippen molar-refractivity contribution in [2.75, 3.05) is 31.8 Å². The fourth-order valence-electron chi connectivity index (χ4n) is 2.64. The van der Waals surface area contributed by atoms with Gasteiger partial charge in [-0.05, 0) is 32.3 Å². The first-order valence-corrected chi connectivity index (χ1v) is 8.01. The van der Waals surface area contributed by atoms with Crippen LogP contribution in [0.15, 0.2) is 0 Å². The molecule has 0 amide bonds. The highest BCUT2D eigenvalue weighted by molar-refractivity contribution is 7.20. The first-order chi connectivity index (χ1) is 9.60. The summed E-state index contributed by atoms with van der Waals surface area (Å²) < 4.78 is 10.7. The number of hydrogen-bond donors (Lipinski definition) is 0. The molecular formula is C14H20ClNO3S. The van der Waals surface area contributed by atoms with Crippen molar-refractivity contribution in [3.8, 4) is 0 Å². The van der Waals surface area contributed by atoms with Crippen molar-refractivity contribution in [1.29, 1.82) is 0 Å². The zero-order valence-electron chi connectivity index (χ0n) is 12.1. The number of methoxy groups -OCH3 is 1. The van der Waals surface area contributed by atoms with Crippen molar-refractivity contribution in [3.63, 3.8) is 0 Å². The van der Waals surface area contributed by atoms with Crippen LogP contribution in [-0.4, -0.2) is 38.9 Å². The summed E-state index contributed by atoms with van der Waals surface area (Å²) >= 11 is 7.69. The minimum atomic E-state index is -0.363. The normalized spacial score (nSPS) is 16.2. The standard InChI is InChI=1S/C14H20ClNO3S/c1-4-16(10-5-7-19-8-6-10)13-9(2)11(12(15)20-13)14(17)18-3/h10H,4-8H2,1-3H3. The largest absolute Gasteiger partial charge is 0.465 e. The summed E-state index contributed by atoms with van der Waals surface area (Å²) in [6, 6.07) is 0.452. The van der Waals surface area contributed by atoms with Crippen LogP contribution in [0.25, 0.3) is 0 Å². The average molecular weight is 318 g/mol. The summed E-state index contributed by atoms with van der Waals surface area (Å²) in [5.41, 5.74) is 1.42. The molecule has 6 heteroatoms. The van der Waals surface area contributed by atoms with Gasteiger partial charge in [0.05, 0.1) is 17.7 Å². The van der Waals surface area contributed by atoms with E-state index in [0.29, 0.717) is 15.9 Å². The Morgan fingerprint density at radius 1 is 1.50 bits per heavy atom. The third-order valence-electron chi connectivity index (χ3n) is 3.70. The lowest BCUT2D eigenvalue weighted by molar-refractivity contribution is 0.0600. The fraction of sp³-hybridized carbons (Fsp3) is 0.643. The van der Waals surface area contributed by atoms with Crippen molar-refractivity contribution >= 4 is 33.9 Å².